The highest BCUT2D eigenvalue weighted by Crippen LogP contribution is 2.58. The van der Waals surface area contributed by atoms with Crippen molar-refractivity contribution in [3.8, 4) is 44.5 Å². The van der Waals surface area contributed by atoms with Crippen LogP contribution < -0.4 is 9.80 Å². The molecule has 0 heterocycles. The van der Waals surface area contributed by atoms with E-state index in [2.05, 4.69) is 314 Å². The molecule has 12 aromatic carbocycles. The smallest absolute Gasteiger partial charge is 0.0714 e. The minimum atomic E-state index is -0.568. The van der Waals surface area contributed by atoms with Crippen molar-refractivity contribution in [2.75, 3.05) is 9.80 Å². The number of rotatable bonds is 11. The van der Waals surface area contributed by atoms with Gasteiger partial charge in [0.1, 0.15) is 0 Å². The molecule has 0 aromatic heterocycles. The molecule has 350 valence electrons. The van der Waals surface area contributed by atoms with Crippen LogP contribution in [0.2, 0.25) is 0 Å². The van der Waals surface area contributed by atoms with Crippen LogP contribution in [0.25, 0.3) is 55.3 Å². The largest absolute Gasteiger partial charge is 0.310 e. The van der Waals surface area contributed by atoms with Gasteiger partial charge in [-0.2, -0.15) is 0 Å². The maximum Gasteiger partial charge on any atom is 0.0714 e. The Balaban J connectivity index is 1.02. The molecule has 1 aliphatic rings. The molecule has 2 heteroatoms. The van der Waals surface area contributed by atoms with Gasteiger partial charge in [0.25, 0.3) is 0 Å². The molecule has 0 bridgehead atoms. The summed E-state index contributed by atoms with van der Waals surface area (Å²) in [5.74, 6) is 0. The van der Waals surface area contributed by atoms with Crippen LogP contribution in [-0.2, 0) is 5.41 Å². The molecule has 2 nitrogen and oxygen atoms in total. The van der Waals surface area contributed by atoms with Crippen LogP contribution in [0.4, 0.5) is 34.1 Å². The Kier molecular flexibility index (Phi) is 11.4. The molecule has 1 aliphatic carbocycles. The van der Waals surface area contributed by atoms with Gasteiger partial charge in [0.05, 0.1) is 16.8 Å². The minimum absolute atomic E-state index is 0.568. The second-order valence-electron chi connectivity index (χ2n) is 19.2. The second-order valence-corrected chi connectivity index (χ2v) is 19.2. The normalized spacial score (nSPS) is 12.2. The summed E-state index contributed by atoms with van der Waals surface area (Å²) in [4.78, 5) is 4.86. The molecule has 0 unspecified atom stereocenters. The van der Waals surface area contributed by atoms with E-state index in [9.17, 15) is 0 Å². The van der Waals surface area contributed by atoms with E-state index in [0.717, 1.165) is 56.4 Å². The Morgan fingerprint density at radius 1 is 0.284 bits per heavy atom. The Bertz CT molecular complexity index is 3880. The number of nitrogens with zero attached hydrogens (tertiary/aromatic N) is 2. The summed E-state index contributed by atoms with van der Waals surface area (Å²) >= 11 is 0. The van der Waals surface area contributed by atoms with Crippen molar-refractivity contribution in [2.24, 2.45) is 0 Å². The number of fused-ring (bicyclic) bond motifs is 4. The predicted octanol–water partition coefficient (Wildman–Crippen LogP) is 19.5. The van der Waals surface area contributed by atoms with Gasteiger partial charge in [-0.15, -0.1) is 0 Å². The van der Waals surface area contributed by atoms with Gasteiger partial charge in [-0.1, -0.05) is 231 Å². The molecular weight excluding hydrogens is 893 g/mol. The van der Waals surface area contributed by atoms with E-state index in [4.69, 9.17) is 0 Å². The molecule has 0 radical (unpaired) electrons. The van der Waals surface area contributed by atoms with Crippen molar-refractivity contribution in [1.82, 2.24) is 0 Å². The third-order valence-corrected chi connectivity index (χ3v) is 15.0. The summed E-state index contributed by atoms with van der Waals surface area (Å²) in [6.45, 7) is 2.26. The Labute approximate surface area is 434 Å². The first-order valence-electron chi connectivity index (χ1n) is 25.6. The third kappa shape index (κ3) is 7.59. The van der Waals surface area contributed by atoms with Crippen LogP contribution in [0.3, 0.4) is 0 Å². The number of aryl methyl sites for hydroxylation is 1. The monoisotopic (exact) mass is 944 g/mol. The molecular formula is C72H52N2. The molecule has 0 spiro atoms. The number of benzene rings is 12. The fourth-order valence-electron chi connectivity index (χ4n) is 11.8. The first-order valence-corrected chi connectivity index (χ1v) is 25.6. The van der Waals surface area contributed by atoms with Crippen LogP contribution in [0, 0.1) is 6.92 Å². The summed E-state index contributed by atoms with van der Waals surface area (Å²) < 4.78 is 0. The van der Waals surface area contributed by atoms with E-state index >= 15 is 0 Å². The summed E-state index contributed by atoms with van der Waals surface area (Å²) in [7, 11) is 0. The molecule has 74 heavy (non-hydrogen) atoms. The lowest BCUT2D eigenvalue weighted by molar-refractivity contribution is 0.768. The van der Waals surface area contributed by atoms with Crippen molar-refractivity contribution in [3.63, 3.8) is 0 Å². The molecule has 0 amide bonds. The fraction of sp³-hybridized carbons (Fsp3) is 0.0278. The molecule has 12 aromatic rings. The third-order valence-electron chi connectivity index (χ3n) is 15.0. The molecule has 0 N–H and O–H groups in total. The fourth-order valence-corrected chi connectivity index (χ4v) is 11.8. The number of hydrogen-bond acceptors (Lipinski definition) is 2. The van der Waals surface area contributed by atoms with Gasteiger partial charge >= 0.3 is 0 Å². The van der Waals surface area contributed by atoms with Crippen LogP contribution in [0.1, 0.15) is 27.8 Å². The minimum Gasteiger partial charge on any atom is -0.310 e. The van der Waals surface area contributed by atoms with E-state index in [1.54, 1.807) is 0 Å². The summed E-state index contributed by atoms with van der Waals surface area (Å²) in [6, 6.07) is 109. The van der Waals surface area contributed by atoms with Crippen LogP contribution in [0.5, 0.6) is 0 Å². The van der Waals surface area contributed by atoms with Crippen molar-refractivity contribution in [1.29, 1.82) is 0 Å². The standard InChI is InChI=1S/C72H52N2/c1-51-24-21-42-66-70(51)65-46-45-62(50-67(65)72(66,57-31-9-3-10-32-57)58-33-11-4-12-34-58)74(69-47-44-52-25-17-18-41-64(52)71(69)53-26-7-2-8-27-53)61-39-23-29-55(49-61)54-28-22-30-56(48-54)63-40-19-20-43-68(63)73(59-35-13-5-14-36-59)60-37-15-6-16-38-60/h2-50H,1H3. The zero-order valence-corrected chi connectivity index (χ0v) is 41.2. The molecule has 0 fully saturated rings. The van der Waals surface area contributed by atoms with Gasteiger partial charge in [-0.05, 0) is 146 Å². The van der Waals surface area contributed by atoms with E-state index in [-0.39, 0.29) is 0 Å². The van der Waals surface area contributed by atoms with Gasteiger partial charge in [0.15, 0.2) is 0 Å². The Morgan fingerprint density at radius 3 is 1.50 bits per heavy atom. The quantitative estimate of drug-likeness (QED) is 0.127. The lowest BCUT2D eigenvalue weighted by Gasteiger charge is -2.35. The van der Waals surface area contributed by atoms with Crippen molar-refractivity contribution >= 4 is 44.9 Å². The molecule has 0 aliphatic heterocycles. The van der Waals surface area contributed by atoms with Crippen molar-refractivity contribution < 1.29 is 0 Å². The molecule has 13 rings (SSSR count). The zero-order valence-electron chi connectivity index (χ0n) is 41.2. The Morgan fingerprint density at radius 2 is 0.797 bits per heavy atom. The summed E-state index contributed by atoms with van der Waals surface area (Å²) in [5, 5.41) is 2.40. The maximum atomic E-state index is 2.51. The molecule has 0 saturated heterocycles. The molecule has 0 atom stereocenters. The first kappa shape index (κ1) is 44.4. The van der Waals surface area contributed by atoms with Gasteiger partial charge < -0.3 is 9.80 Å². The number of hydrogen-bond donors (Lipinski definition) is 0. The lowest BCUT2D eigenvalue weighted by atomic mass is 9.67. The highest BCUT2D eigenvalue weighted by Gasteiger charge is 2.47. The highest BCUT2D eigenvalue weighted by molar-refractivity contribution is 6.06. The number of para-hydroxylation sites is 3. The summed E-state index contributed by atoms with van der Waals surface area (Å²) in [6.07, 6.45) is 0. The first-order chi connectivity index (χ1) is 36.6. The van der Waals surface area contributed by atoms with Gasteiger partial charge in [0, 0.05) is 33.9 Å². The van der Waals surface area contributed by atoms with Crippen LogP contribution in [0.15, 0.2) is 297 Å². The van der Waals surface area contributed by atoms with Crippen LogP contribution in [-0.4, -0.2) is 0 Å². The highest BCUT2D eigenvalue weighted by atomic mass is 15.2. The second kappa shape index (κ2) is 18.9. The van der Waals surface area contributed by atoms with Crippen LogP contribution >= 0.6 is 0 Å². The average Bonchev–Trinajstić information content (AvgIpc) is 3.90. The van der Waals surface area contributed by atoms with E-state index < -0.39 is 5.41 Å². The lowest BCUT2D eigenvalue weighted by Crippen LogP contribution is -2.28. The maximum absolute atomic E-state index is 2.51. The topological polar surface area (TPSA) is 6.48 Å². The predicted molar refractivity (Wildman–Crippen MR) is 312 cm³/mol. The van der Waals surface area contributed by atoms with Gasteiger partial charge in [0.2, 0.25) is 0 Å². The Hall–Kier alpha value is -9.50. The average molecular weight is 945 g/mol. The SMILES string of the molecule is Cc1cccc2c1-c1ccc(N(c3cccc(-c4cccc(-c5ccccc5N(c5ccccc5)c5ccccc5)c4)c3)c3ccc4ccccc4c3-c3ccccc3)cc1C2(c1ccccc1)c1ccccc1. The van der Waals surface area contributed by atoms with E-state index in [0.29, 0.717) is 0 Å². The number of anilines is 6. The van der Waals surface area contributed by atoms with Gasteiger partial charge in [-0.3, -0.25) is 0 Å². The van der Waals surface area contributed by atoms with Crippen molar-refractivity contribution in [3.05, 3.63) is 325 Å². The van der Waals surface area contributed by atoms with Gasteiger partial charge in [-0.25, -0.2) is 0 Å². The zero-order chi connectivity index (χ0) is 49.4. The van der Waals surface area contributed by atoms with Crippen molar-refractivity contribution in [2.45, 2.75) is 12.3 Å². The molecule has 0 saturated carbocycles. The van der Waals surface area contributed by atoms with E-state index in [1.807, 2.05) is 0 Å². The van der Waals surface area contributed by atoms with E-state index in [1.165, 1.54) is 60.8 Å². The summed E-state index contributed by atoms with van der Waals surface area (Å²) in [5.41, 5.74) is 21.8.